The molecule has 2 aromatic carbocycles. The first kappa shape index (κ1) is 29.8. The summed E-state index contributed by atoms with van der Waals surface area (Å²) in [6.07, 6.45) is 0.908. The topological polar surface area (TPSA) is 283 Å². The molecule has 1 aromatic heterocycles. The third kappa shape index (κ3) is 6.39. The number of amidine groups is 1. The van der Waals surface area contributed by atoms with Crippen LogP contribution in [0.15, 0.2) is 48.2 Å². The van der Waals surface area contributed by atoms with Gasteiger partial charge in [0.15, 0.2) is 0 Å². The summed E-state index contributed by atoms with van der Waals surface area (Å²) < 4.78 is 24.1. The monoisotopic (exact) mass is 598 g/mol. The lowest BCUT2D eigenvalue weighted by molar-refractivity contribution is -0.147. The molecule has 1 heterocycles. The largest absolute Gasteiger partial charge is 0.508 e. The van der Waals surface area contributed by atoms with Crippen LogP contribution in [0.1, 0.15) is 29.5 Å². The number of carbonyl (C=O) groups is 3. The Morgan fingerprint density at radius 2 is 1.83 bits per heavy atom. The van der Waals surface area contributed by atoms with E-state index in [9.17, 15) is 38.1 Å². The number of primary sulfonamides is 1. The predicted molar refractivity (Wildman–Crippen MR) is 150 cm³/mol. The number of sulfonamides is 1. The maximum absolute atomic E-state index is 12.8. The molecule has 220 valence electrons. The van der Waals surface area contributed by atoms with Gasteiger partial charge in [-0.25, -0.2) is 23.3 Å². The second-order valence-corrected chi connectivity index (χ2v) is 11.3. The van der Waals surface area contributed by atoms with Crippen LogP contribution in [0.4, 0.5) is 0 Å². The maximum atomic E-state index is 12.8. The Hall–Kier alpha value is -5.22. The van der Waals surface area contributed by atoms with E-state index in [-0.39, 0.29) is 46.1 Å². The quantitative estimate of drug-likeness (QED) is 0.116. The molecule has 0 bridgehead atoms. The molecule has 16 heteroatoms. The van der Waals surface area contributed by atoms with Crippen molar-refractivity contribution in [1.29, 1.82) is 5.41 Å². The highest BCUT2D eigenvalue weighted by molar-refractivity contribution is 7.89. The van der Waals surface area contributed by atoms with E-state index in [4.69, 9.17) is 21.4 Å². The Kier molecular flexibility index (Phi) is 8.03. The predicted octanol–water partition coefficient (Wildman–Crippen LogP) is 0.692. The number of aromatic amines is 1. The second-order valence-electron chi connectivity index (χ2n) is 9.54. The zero-order chi connectivity index (χ0) is 30.9. The van der Waals surface area contributed by atoms with Crippen molar-refractivity contribution >= 4 is 50.3 Å². The molecule has 0 saturated heterocycles. The van der Waals surface area contributed by atoms with E-state index in [1.54, 1.807) is 12.1 Å². The molecule has 4 rings (SSSR count). The highest BCUT2D eigenvalue weighted by Crippen LogP contribution is 2.40. The number of hydrogen-bond acceptors (Lipinski definition) is 9. The number of aliphatic carboxylic acids is 2. The number of aliphatic hydroxyl groups is 1. The third-order valence-electron chi connectivity index (χ3n) is 6.48. The summed E-state index contributed by atoms with van der Waals surface area (Å²) in [5.74, 6) is -4.75. The minimum absolute atomic E-state index is 0.0302. The Morgan fingerprint density at radius 1 is 1.14 bits per heavy atom. The molecule has 1 aliphatic rings. The van der Waals surface area contributed by atoms with Gasteiger partial charge in [0, 0.05) is 16.7 Å². The Balaban J connectivity index is 1.84. The van der Waals surface area contributed by atoms with Crippen LogP contribution in [-0.2, 0) is 30.8 Å². The van der Waals surface area contributed by atoms with Crippen LogP contribution in [0, 0.1) is 5.41 Å². The Labute approximate surface area is 237 Å². The molecule has 11 N–H and O–H groups in total. The highest BCUT2D eigenvalue weighted by Gasteiger charge is 2.28. The summed E-state index contributed by atoms with van der Waals surface area (Å²) in [5.41, 5.74) is 6.87. The molecular formula is C26H26N6O9S. The minimum Gasteiger partial charge on any atom is -0.508 e. The van der Waals surface area contributed by atoms with Gasteiger partial charge >= 0.3 is 11.9 Å². The number of carbonyl (C=O) groups excluding carboxylic acids is 1. The van der Waals surface area contributed by atoms with E-state index >= 15 is 0 Å². The number of phenols is 1. The number of rotatable bonds is 10. The van der Waals surface area contributed by atoms with Gasteiger partial charge in [0.2, 0.25) is 15.9 Å². The number of aromatic hydroxyl groups is 1. The number of amides is 1. The summed E-state index contributed by atoms with van der Waals surface area (Å²) in [4.78, 5) is 42.6. The summed E-state index contributed by atoms with van der Waals surface area (Å²) in [6, 6.07) is 5.69. The SMILES string of the molecule is N=C(N)c1ccc2[nH]c(-c3cc(CC(=O)N[C@@H](CC(=O)O)C(=O)O)cc(C4=CC(S(N)(=O)=O)CC=C4O)c3O)nc2c1. The van der Waals surface area contributed by atoms with Crippen LogP contribution in [0.3, 0.4) is 0 Å². The van der Waals surface area contributed by atoms with Gasteiger partial charge in [-0.15, -0.1) is 0 Å². The van der Waals surface area contributed by atoms with Crippen LogP contribution in [0.25, 0.3) is 28.0 Å². The molecule has 0 spiro atoms. The number of aromatic nitrogens is 2. The van der Waals surface area contributed by atoms with Gasteiger partial charge in [-0.2, -0.15) is 0 Å². The van der Waals surface area contributed by atoms with E-state index in [0.717, 1.165) is 0 Å². The van der Waals surface area contributed by atoms with Crippen LogP contribution >= 0.6 is 0 Å². The van der Waals surface area contributed by atoms with Crippen molar-refractivity contribution in [2.24, 2.45) is 10.9 Å². The summed E-state index contributed by atoms with van der Waals surface area (Å²) >= 11 is 0. The number of phenolic OH excluding ortho intramolecular Hbond substituents is 1. The van der Waals surface area contributed by atoms with Gasteiger partial charge < -0.3 is 36.5 Å². The Morgan fingerprint density at radius 3 is 2.45 bits per heavy atom. The number of nitrogen functional groups attached to an aromatic ring is 1. The number of fused-ring (bicyclic) bond motifs is 1. The van der Waals surface area contributed by atoms with Crippen LogP contribution in [0.2, 0.25) is 0 Å². The molecule has 2 atom stereocenters. The molecule has 0 aliphatic heterocycles. The van der Waals surface area contributed by atoms with Crippen LogP contribution in [-0.4, -0.2) is 73.8 Å². The summed E-state index contributed by atoms with van der Waals surface area (Å²) in [7, 11) is -4.08. The number of H-pyrrole nitrogens is 1. The number of aliphatic hydroxyl groups excluding tert-OH is 1. The lowest BCUT2D eigenvalue weighted by Crippen LogP contribution is -2.42. The maximum Gasteiger partial charge on any atom is 0.326 e. The van der Waals surface area contributed by atoms with Crippen LogP contribution in [0.5, 0.6) is 5.75 Å². The number of benzene rings is 2. The molecule has 1 amide bonds. The molecule has 1 aliphatic carbocycles. The molecule has 0 radical (unpaired) electrons. The molecule has 15 nitrogen and oxygen atoms in total. The lowest BCUT2D eigenvalue weighted by atomic mass is 9.92. The van der Waals surface area contributed by atoms with Crippen molar-refractivity contribution < 1.29 is 43.2 Å². The van der Waals surface area contributed by atoms with E-state index in [1.807, 2.05) is 0 Å². The minimum atomic E-state index is -4.08. The van der Waals surface area contributed by atoms with Crippen LogP contribution < -0.4 is 16.2 Å². The van der Waals surface area contributed by atoms with Gasteiger partial charge in [-0.05, 0) is 48.4 Å². The number of imidazole rings is 1. The normalized spacial score (nSPS) is 15.9. The molecule has 42 heavy (non-hydrogen) atoms. The van der Waals surface area contributed by atoms with Gasteiger partial charge in [-0.1, -0.05) is 6.08 Å². The lowest BCUT2D eigenvalue weighted by Gasteiger charge is -2.20. The molecule has 1 unspecified atom stereocenters. The average molecular weight is 599 g/mol. The molecule has 3 aromatic rings. The van der Waals surface area contributed by atoms with Crippen molar-refractivity contribution in [2.45, 2.75) is 30.6 Å². The third-order valence-corrected chi connectivity index (χ3v) is 7.65. The second kappa shape index (κ2) is 11.3. The Bertz CT molecular complexity index is 1810. The number of hydrogen-bond donors (Lipinski definition) is 9. The van der Waals surface area contributed by atoms with Crippen molar-refractivity contribution in [1.82, 2.24) is 15.3 Å². The van der Waals surface area contributed by atoms with Crippen molar-refractivity contribution in [2.75, 3.05) is 0 Å². The number of carboxylic acid groups (broad SMARTS) is 2. The number of nitrogens with two attached hydrogens (primary N) is 2. The molecular weight excluding hydrogens is 572 g/mol. The average Bonchev–Trinajstić information content (AvgIpc) is 3.32. The van der Waals surface area contributed by atoms with E-state index in [0.29, 0.717) is 16.6 Å². The summed E-state index contributed by atoms with van der Waals surface area (Å²) in [6.45, 7) is 0. The zero-order valence-electron chi connectivity index (χ0n) is 21.7. The number of allylic oxidation sites excluding steroid dienone is 2. The fourth-order valence-corrected chi connectivity index (χ4v) is 5.11. The van der Waals surface area contributed by atoms with E-state index in [2.05, 4.69) is 15.3 Å². The van der Waals surface area contributed by atoms with Gasteiger partial charge in [0.1, 0.15) is 29.2 Å². The molecule has 0 fully saturated rings. The number of nitrogens with one attached hydrogen (secondary N) is 3. The van der Waals surface area contributed by atoms with Gasteiger partial charge in [0.05, 0.1) is 34.7 Å². The smallest absolute Gasteiger partial charge is 0.326 e. The number of carboxylic acids is 2. The summed E-state index contributed by atoms with van der Waals surface area (Å²) in [5, 5.41) is 54.0. The van der Waals surface area contributed by atoms with Crippen molar-refractivity contribution in [3.05, 3.63) is 64.9 Å². The first-order chi connectivity index (χ1) is 19.6. The fourth-order valence-electron chi connectivity index (χ4n) is 4.42. The van der Waals surface area contributed by atoms with Gasteiger partial charge in [-0.3, -0.25) is 15.0 Å². The standard InChI is InChI=1S/C26H26N6O9S/c27-24(28)12-1-3-17-18(8-12)32-25(31-17)16-6-11(7-21(34)30-19(26(38)39)10-22(35)36)5-15(23(16)37)14-9-13(42(29,40)41)2-4-20(14)33/h1,3-6,8-9,13,19,33,37H,2,7,10H2,(H3,27,28)(H,30,34)(H,31,32)(H,35,36)(H,38,39)(H2,29,40,41)/t13?,19-/m0/s1. The van der Waals surface area contributed by atoms with Crippen molar-refractivity contribution in [3.63, 3.8) is 0 Å². The fraction of sp³-hybridized carbons (Fsp3) is 0.192. The first-order valence-electron chi connectivity index (χ1n) is 12.2. The van der Waals surface area contributed by atoms with E-state index in [1.165, 1.54) is 30.4 Å². The van der Waals surface area contributed by atoms with E-state index < -0.39 is 57.8 Å². The van der Waals surface area contributed by atoms with Crippen molar-refractivity contribution in [3.8, 4) is 17.1 Å². The molecule has 0 saturated carbocycles. The zero-order valence-corrected chi connectivity index (χ0v) is 22.5. The highest BCUT2D eigenvalue weighted by atomic mass is 32.2. The first-order valence-corrected chi connectivity index (χ1v) is 13.8. The number of nitrogens with zero attached hydrogens (tertiary/aromatic N) is 1. The van der Waals surface area contributed by atoms with Gasteiger partial charge in [0.25, 0.3) is 0 Å².